The Morgan fingerprint density at radius 1 is 1.09 bits per heavy atom. The van der Waals surface area contributed by atoms with E-state index in [0.717, 1.165) is 22.3 Å². The van der Waals surface area contributed by atoms with Crippen molar-refractivity contribution in [3.05, 3.63) is 72.1 Å². The van der Waals surface area contributed by atoms with E-state index >= 15 is 0 Å². The lowest BCUT2D eigenvalue weighted by Gasteiger charge is -2.20. The largest absolute Gasteiger partial charge is 0.480 e. The average molecular weight is 476 g/mol. The van der Waals surface area contributed by atoms with Crippen molar-refractivity contribution in [3.8, 4) is 11.1 Å². The molecule has 10 nitrogen and oxygen atoms in total. The molecule has 1 saturated heterocycles. The lowest BCUT2D eigenvalue weighted by Crippen LogP contribution is -2.46. The van der Waals surface area contributed by atoms with Gasteiger partial charge in [0, 0.05) is 18.7 Å². The van der Waals surface area contributed by atoms with E-state index in [9.17, 15) is 14.4 Å². The quantitative estimate of drug-likeness (QED) is 0.478. The number of aromatic nitrogens is 2. The van der Waals surface area contributed by atoms with E-state index in [-0.39, 0.29) is 19.1 Å². The zero-order valence-electron chi connectivity index (χ0n) is 18.7. The monoisotopic (exact) mass is 476 g/mol. The number of hydrogen-bond acceptors (Lipinski definition) is 6. The number of nitrogens with one attached hydrogen (secondary N) is 2. The average Bonchev–Trinajstić information content (AvgIpc) is 3.55. The number of carbonyl (C=O) groups is 3. The van der Waals surface area contributed by atoms with Crippen molar-refractivity contribution >= 4 is 23.7 Å². The van der Waals surface area contributed by atoms with E-state index < -0.39 is 30.1 Å². The minimum absolute atomic E-state index is 0.0607. The molecule has 0 spiro atoms. The topological polar surface area (TPSA) is 132 Å². The van der Waals surface area contributed by atoms with Gasteiger partial charge in [0.2, 0.25) is 0 Å². The van der Waals surface area contributed by atoms with Crippen LogP contribution in [0.25, 0.3) is 11.1 Å². The predicted octanol–water partition coefficient (Wildman–Crippen LogP) is 2.60. The molecule has 3 N–H and O–H groups in total. The van der Waals surface area contributed by atoms with E-state index in [4.69, 9.17) is 14.6 Å². The second kappa shape index (κ2) is 9.59. The Kier molecular flexibility index (Phi) is 6.19. The van der Waals surface area contributed by atoms with Gasteiger partial charge < -0.3 is 25.2 Å². The summed E-state index contributed by atoms with van der Waals surface area (Å²) < 4.78 is 12.3. The third-order valence-electron chi connectivity index (χ3n) is 6.20. The highest BCUT2D eigenvalue weighted by molar-refractivity contribution is 5.95. The molecule has 0 bridgehead atoms. The van der Waals surface area contributed by atoms with E-state index in [1.807, 2.05) is 36.4 Å². The van der Waals surface area contributed by atoms with Crippen LogP contribution in [0.5, 0.6) is 0 Å². The Morgan fingerprint density at radius 3 is 2.46 bits per heavy atom. The van der Waals surface area contributed by atoms with E-state index in [0.29, 0.717) is 18.7 Å². The van der Waals surface area contributed by atoms with Gasteiger partial charge in [-0.1, -0.05) is 48.5 Å². The fourth-order valence-electron chi connectivity index (χ4n) is 4.65. The molecule has 1 fully saturated rings. The van der Waals surface area contributed by atoms with Crippen molar-refractivity contribution in [2.75, 3.05) is 18.5 Å². The molecule has 35 heavy (non-hydrogen) atoms. The van der Waals surface area contributed by atoms with Gasteiger partial charge in [0.25, 0.3) is 5.91 Å². The fourth-order valence-corrected chi connectivity index (χ4v) is 4.65. The summed E-state index contributed by atoms with van der Waals surface area (Å²) in [5.41, 5.74) is 4.86. The number of ether oxygens (including phenoxy) is 2. The number of rotatable bonds is 7. The van der Waals surface area contributed by atoms with Gasteiger partial charge in [-0.15, -0.1) is 0 Å². The number of carbonyl (C=O) groups excluding carboxylic acids is 2. The van der Waals surface area contributed by atoms with Gasteiger partial charge in [0.15, 0.2) is 6.10 Å². The SMILES string of the molecule is O=C(O)Cn1cc(NC(=O)[C@H]2OCC[C@H]2NC(=O)OCC2c3ccccc3-c3ccccc32)cn1. The Balaban J connectivity index is 1.18. The normalized spacial score (nSPS) is 18.5. The molecule has 10 heteroatoms. The first-order valence-corrected chi connectivity index (χ1v) is 11.3. The maximum Gasteiger partial charge on any atom is 0.407 e. The number of fused-ring (bicyclic) bond motifs is 3. The van der Waals surface area contributed by atoms with Crippen LogP contribution in [-0.2, 0) is 25.6 Å². The van der Waals surface area contributed by atoms with E-state index in [1.165, 1.54) is 17.1 Å². The van der Waals surface area contributed by atoms with Crippen LogP contribution >= 0.6 is 0 Å². The summed E-state index contributed by atoms with van der Waals surface area (Å²) in [6.07, 6.45) is 1.70. The Labute approximate surface area is 200 Å². The van der Waals surface area contributed by atoms with Gasteiger partial charge in [-0.3, -0.25) is 14.3 Å². The minimum Gasteiger partial charge on any atom is -0.480 e. The van der Waals surface area contributed by atoms with Crippen molar-refractivity contribution < 1.29 is 29.0 Å². The summed E-state index contributed by atoms with van der Waals surface area (Å²) in [7, 11) is 0. The molecular weight excluding hydrogens is 452 g/mol. The maximum atomic E-state index is 12.7. The smallest absolute Gasteiger partial charge is 0.407 e. The van der Waals surface area contributed by atoms with E-state index in [2.05, 4.69) is 27.9 Å². The lowest BCUT2D eigenvalue weighted by molar-refractivity contribution is -0.137. The molecule has 5 rings (SSSR count). The molecule has 1 aromatic heterocycles. The molecule has 2 atom stereocenters. The predicted molar refractivity (Wildman–Crippen MR) is 125 cm³/mol. The lowest BCUT2D eigenvalue weighted by atomic mass is 9.98. The summed E-state index contributed by atoms with van der Waals surface area (Å²) in [5.74, 6) is -1.56. The van der Waals surface area contributed by atoms with Gasteiger partial charge in [-0.2, -0.15) is 5.10 Å². The molecule has 2 heterocycles. The molecular formula is C25H24N4O6. The highest BCUT2D eigenvalue weighted by Crippen LogP contribution is 2.44. The first kappa shape index (κ1) is 22.6. The molecule has 2 aromatic carbocycles. The Morgan fingerprint density at radius 2 is 1.77 bits per heavy atom. The van der Waals surface area contributed by atoms with Crippen LogP contribution in [0.4, 0.5) is 10.5 Å². The molecule has 0 unspecified atom stereocenters. The molecule has 3 aromatic rings. The number of alkyl carbamates (subject to hydrolysis) is 1. The summed E-state index contributed by atoms with van der Waals surface area (Å²) in [6, 6.07) is 15.6. The molecule has 1 aliphatic carbocycles. The van der Waals surface area contributed by atoms with Crippen LogP contribution < -0.4 is 10.6 Å². The number of carboxylic acid groups (broad SMARTS) is 1. The van der Waals surface area contributed by atoms with Crippen LogP contribution in [0.2, 0.25) is 0 Å². The second-order valence-electron chi connectivity index (χ2n) is 8.47. The highest BCUT2D eigenvalue weighted by Gasteiger charge is 2.36. The number of anilines is 1. The van der Waals surface area contributed by atoms with Crippen molar-refractivity contribution in [1.82, 2.24) is 15.1 Å². The van der Waals surface area contributed by atoms with Crippen molar-refractivity contribution in [2.24, 2.45) is 0 Å². The maximum absolute atomic E-state index is 12.7. The van der Waals surface area contributed by atoms with Gasteiger partial charge in [-0.05, 0) is 28.7 Å². The van der Waals surface area contributed by atoms with Gasteiger partial charge in [0.05, 0.1) is 17.9 Å². The van der Waals surface area contributed by atoms with Gasteiger partial charge >= 0.3 is 12.1 Å². The molecule has 2 amide bonds. The second-order valence-corrected chi connectivity index (χ2v) is 8.47. The van der Waals surface area contributed by atoms with Crippen LogP contribution in [0.15, 0.2) is 60.9 Å². The van der Waals surface area contributed by atoms with Crippen LogP contribution in [0, 0.1) is 0 Å². The molecule has 2 aliphatic rings. The Bertz CT molecular complexity index is 1230. The molecule has 0 saturated carbocycles. The number of amides is 2. The number of nitrogens with zero attached hydrogens (tertiary/aromatic N) is 2. The standard InChI is InChI=1S/C25H24N4O6/c30-22(31)13-29-12-15(11-26-29)27-24(32)23-21(9-10-34-23)28-25(33)35-14-20-18-7-3-1-5-16(18)17-6-2-4-8-19(17)20/h1-8,11-12,20-21,23H,9-10,13-14H2,(H,27,32)(H,28,33)(H,30,31)/t21-,23+/m1/s1. The highest BCUT2D eigenvalue weighted by atomic mass is 16.6. The molecule has 1 aliphatic heterocycles. The summed E-state index contributed by atoms with van der Waals surface area (Å²) in [4.78, 5) is 36.1. The number of aliphatic carboxylic acids is 1. The third-order valence-corrected chi connectivity index (χ3v) is 6.20. The molecule has 180 valence electrons. The number of hydrogen-bond donors (Lipinski definition) is 3. The van der Waals surface area contributed by atoms with E-state index in [1.54, 1.807) is 0 Å². The van der Waals surface area contributed by atoms with Crippen LogP contribution in [0.1, 0.15) is 23.5 Å². The zero-order chi connectivity index (χ0) is 24.4. The van der Waals surface area contributed by atoms with Gasteiger partial charge in [-0.25, -0.2) is 4.79 Å². The van der Waals surface area contributed by atoms with Crippen molar-refractivity contribution in [2.45, 2.75) is 31.0 Å². The van der Waals surface area contributed by atoms with Crippen LogP contribution in [-0.4, -0.2) is 58.2 Å². The minimum atomic E-state index is -1.04. The number of benzene rings is 2. The van der Waals surface area contributed by atoms with Gasteiger partial charge in [0.1, 0.15) is 13.2 Å². The number of carboxylic acids is 1. The molecule has 0 radical (unpaired) electrons. The first-order chi connectivity index (χ1) is 17.0. The fraction of sp³-hybridized carbons (Fsp3) is 0.280. The Hall–Kier alpha value is -4.18. The summed E-state index contributed by atoms with van der Waals surface area (Å²) in [6.45, 7) is 0.166. The summed E-state index contributed by atoms with van der Waals surface area (Å²) >= 11 is 0. The van der Waals surface area contributed by atoms with Crippen molar-refractivity contribution in [1.29, 1.82) is 0 Å². The zero-order valence-corrected chi connectivity index (χ0v) is 18.7. The third kappa shape index (κ3) is 4.73. The van der Waals surface area contributed by atoms with Crippen LogP contribution in [0.3, 0.4) is 0 Å². The summed E-state index contributed by atoms with van der Waals surface area (Å²) in [5, 5.41) is 18.1. The first-order valence-electron chi connectivity index (χ1n) is 11.3. The van der Waals surface area contributed by atoms with Crippen molar-refractivity contribution in [3.63, 3.8) is 0 Å².